The third kappa shape index (κ3) is 3.14. The van der Waals surface area contributed by atoms with Gasteiger partial charge in [0.25, 0.3) is 0 Å². The lowest BCUT2D eigenvalue weighted by molar-refractivity contribution is 0.132. The van der Waals surface area contributed by atoms with Gasteiger partial charge in [-0.3, -0.25) is 0 Å². The Hall–Kier alpha value is -2.92. The van der Waals surface area contributed by atoms with Crippen LogP contribution in [0.3, 0.4) is 0 Å². The van der Waals surface area contributed by atoms with Crippen LogP contribution in [-0.2, 0) is 11.3 Å². The van der Waals surface area contributed by atoms with Crippen LogP contribution in [0.15, 0.2) is 59.2 Å². The molecule has 23 heavy (non-hydrogen) atoms. The van der Waals surface area contributed by atoms with Gasteiger partial charge in [-0.05, 0) is 35.9 Å². The van der Waals surface area contributed by atoms with E-state index in [0.29, 0.717) is 24.9 Å². The quantitative estimate of drug-likeness (QED) is 0.679. The first-order chi connectivity index (χ1) is 11.4. The topological polar surface area (TPSA) is 60.2 Å². The van der Waals surface area contributed by atoms with Gasteiger partial charge in [-0.1, -0.05) is 24.3 Å². The molecule has 1 aromatic carbocycles. The molecule has 0 aliphatic carbocycles. The van der Waals surface area contributed by atoms with E-state index in [1.165, 1.54) is 0 Å². The summed E-state index contributed by atoms with van der Waals surface area (Å²) in [6.07, 6.45) is 5.72. The van der Waals surface area contributed by atoms with Crippen LogP contribution in [-0.4, -0.2) is 16.6 Å². The number of benzene rings is 1. The number of aromatic nitrogens is 2. The summed E-state index contributed by atoms with van der Waals surface area (Å²) < 4.78 is 11.4. The first kappa shape index (κ1) is 13.7. The zero-order chi connectivity index (χ0) is 15.5. The molecule has 0 atom stereocenters. The zero-order valence-corrected chi connectivity index (χ0v) is 12.4. The number of nitrogens with zero attached hydrogens (tertiary/aromatic N) is 2. The van der Waals surface area contributed by atoms with Crippen molar-refractivity contribution in [1.29, 1.82) is 0 Å². The summed E-state index contributed by atoms with van der Waals surface area (Å²) in [7, 11) is 0. The van der Waals surface area contributed by atoms with Crippen LogP contribution in [0, 0.1) is 0 Å². The molecule has 5 heteroatoms. The van der Waals surface area contributed by atoms with E-state index in [2.05, 4.69) is 15.3 Å². The number of ether oxygens (including phenoxy) is 1. The van der Waals surface area contributed by atoms with Gasteiger partial charge in [-0.2, -0.15) is 0 Å². The van der Waals surface area contributed by atoms with Crippen LogP contribution in [0.5, 0.6) is 0 Å². The fourth-order valence-electron chi connectivity index (χ4n) is 2.41. The Bertz CT molecular complexity index is 855. The van der Waals surface area contributed by atoms with E-state index in [9.17, 15) is 0 Å². The molecule has 2 aromatic heterocycles. The molecule has 0 fully saturated rings. The van der Waals surface area contributed by atoms with Crippen LogP contribution in [0.25, 0.3) is 17.5 Å². The number of fused-ring (bicyclic) bond motifs is 7. The van der Waals surface area contributed by atoms with Crippen molar-refractivity contribution < 1.29 is 9.15 Å². The highest BCUT2D eigenvalue weighted by Crippen LogP contribution is 2.23. The standard InChI is InChI=1S/C18H15N3O2/c1-3-13-4-2-10-22-12-15-6-7-17(23-15)16-8-9-19-18(21-16)20-14(5-1)11-13/h1-9,11H,10,12H2,(H,19,20,21)/b4-2+. The molecule has 0 unspecified atom stereocenters. The first-order valence-corrected chi connectivity index (χ1v) is 7.40. The number of nitrogens with one attached hydrogen (secondary N) is 1. The second kappa shape index (κ2) is 6.06. The summed E-state index contributed by atoms with van der Waals surface area (Å²) in [5.74, 6) is 2.01. The van der Waals surface area contributed by atoms with Gasteiger partial charge < -0.3 is 14.5 Å². The SMILES string of the molecule is C1=C/c2cccc(c2)Nc2nccc(n2)-c2ccc(o2)COC/1. The molecule has 0 spiro atoms. The Kier molecular flexibility index (Phi) is 3.62. The molecule has 1 N–H and O–H groups in total. The molecule has 0 saturated heterocycles. The number of furan rings is 1. The highest BCUT2D eigenvalue weighted by Gasteiger charge is 2.08. The lowest BCUT2D eigenvalue weighted by Gasteiger charge is -2.06. The predicted molar refractivity (Wildman–Crippen MR) is 88.1 cm³/mol. The van der Waals surface area contributed by atoms with Crippen molar-refractivity contribution in [1.82, 2.24) is 9.97 Å². The maximum atomic E-state index is 5.78. The average Bonchev–Trinajstić information content (AvgIpc) is 3.03. The molecule has 1 aliphatic rings. The van der Waals surface area contributed by atoms with Gasteiger partial charge in [-0.25, -0.2) is 9.97 Å². The lowest BCUT2D eigenvalue weighted by atomic mass is 10.2. The van der Waals surface area contributed by atoms with Crippen molar-refractivity contribution in [2.75, 3.05) is 11.9 Å². The fraction of sp³-hybridized carbons (Fsp3) is 0.111. The molecule has 6 bridgehead atoms. The fourth-order valence-corrected chi connectivity index (χ4v) is 2.41. The number of hydrogen-bond acceptors (Lipinski definition) is 5. The van der Waals surface area contributed by atoms with Crippen LogP contribution >= 0.6 is 0 Å². The van der Waals surface area contributed by atoms with Crippen LogP contribution in [0.1, 0.15) is 11.3 Å². The number of hydrogen-bond donors (Lipinski definition) is 1. The van der Waals surface area contributed by atoms with Gasteiger partial charge in [0.05, 0.1) is 6.61 Å². The van der Waals surface area contributed by atoms with Crippen molar-refractivity contribution in [3.05, 3.63) is 66.1 Å². The zero-order valence-electron chi connectivity index (χ0n) is 12.4. The molecule has 4 rings (SSSR count). The Balaban J connectivity index is 1.75. The monoisotopic (exact) mass is 305 g/mol. The highest BCUT2D eigenvalue weighted by molar-refractivity contribution is 5.62. The van der Waals surface area contributed by atoms with Crippen LogP contribution in [0.4, 0.5) is 11.6 Å². The van der Waals surface area contributed by atoms with E-state index < -0.39 is 0 Å². The first-order valence-electron chi connectivity index (χ1n) is 7.40. The summed E-state index contributed by atoms with van der Waals surface area (Å²) >= 11 is 0. The minimum absolute atomic E-state index is 0.431. The molecular formula is C18H15N3O2. The normalized spacial score (nSPS) is 15.1. The van der Waals surface area contributed by atoms with Crippen molar-refractivity contribution in [3.63, 3.8) is 0 Å². The molecule has 3 heterocycles. The molecular weight excluding hydrogens is 290 g/mol. The van der Waals surface area contributed by atoms with E-state index >= 15 is 0 Å². The summed E-state index contributed by atoms with van der Waals surface area (Å²) in [5.41, 5.74) is 2.75. The minimum atomic E-state index is 0.431. The van der Waals surface area contributed by atoms with Gasteiger partial charge >= 0.3 is 0 Å². The van der Waals surface area contributed by atoms with Gasteiger partial charge in [0.2, 0.25) is 5.95 Å². The van der Waals surface area contributed by atoms with Crippen molar-refractivity contribution >= 4 is 17.7 Å². The summed E-state index contributed by atoms with van der Waals surface area (Å²) in [6, 6.07) is 13.7. The molecule has 0 amide bonds. The second-order valence-electron chi connectivity index (χ2n) is 5.20. The Morgan fingerprint density at radius 2 is 2.09 bits per heavy atom. The second-order valence-corrected chi connectivity index (χ2v) is 5.20. The molecule has 3 aromatic rings. The third-order valence-corrected chi connectivity index (χ3v) is 3.48. The third-order valence-electron chi connectivity index (χ3n) is 3.48. The van der Waals surface area contributed by atoms with E-state index in [1.807, 2.05) is 54.6 Å². The Morgan fingerprint density at radius 1 is 1.09 bits per heavy atom. The summed E-state index contributed by atoms with van der Waals surface area (Å²) in [5, 5.41) is 3.22. The van der Waals surface area contributed by atoms with Crippen molar-refractivity contribution in [2.45, 2.75) is 6.61 Å². The highest BCUT2D eigenvalue weighted by atomic mass is 16.5. The average molecular weight is 305 g/mol. The molecule has 0 saturated carbocycles. The minimum Gasteiger partial charge on any atom is -0.457 e. The number of rotatable bonds is 0. The van der Waals surface area contributed by atoms with E-state index in [-0.39, 0.29) is 0 Å². The Labute approximate surface area is 133 Å². The lowest BCUT2D eigenvalue weighted by Crippen LogP contribution is -1.97. The maximum absolute atomic E-state index is 5.78. The molecule has 114 valence electrons. The van der Waals surface area contributed by atoms with Gasteiger partial charge in [0.1, 0.15) is 18.1 Å². The van der Waals surface area contributed by atoms with Crippen molar-refractivity contribution in [2.24, 2.45) is 0 Å². The molecule has 5 nitrogen and oxygen atoms in total. The van der Waals surface area contributed by atoms with E-state index in [4.69, 9.17) is 9.15 Å². The van der Waals surface area contributed by atoms with Crippen molar-refractivity contribution in [3.8, 4) is 11.5 Å². The molecule has 0 radical (unpaired) electrons. The summed E-state index contributed by atoms with van der Waals surface area (Å²) in [4.78, 5) is 8.78. The van der Waals surface area contributed by atoms with Gasteiger partial charge in [-0.15, -0.1) is 0 Å². The summed E-state index contributed by atoms with van der Waals surface area (Å²) in [6.45, 7) is 0.960. The van der Waals surface area contributed by atoms with E-state index in [0.717, 1.165) is 22.7 Å². The molecule has 1 aliphatic heterocycles. The van der Waals surface area contributed by atoms with Gasteiger partial charge in [0, 0.05) is 11.9 Å². The van der Waals surface area contributed by atoms with Crippen LogP contribution in [0.2, 0.25) is 0 Å². The van der Waals surface area contributed by atoms with Gasteiger partial charge in [0.15, 0.2) is 5.76 Å². The maximum Gasteiger partial charge on any atom is 0.227 e. The Morgan fingerprint density at radius 3 is 3.09 bits per heavy atom. The van der Waals surface area contributed by atoms with Crippen LogP contribution < -0.4 is 5.32 Å². The van der Waals surface area contributed by atoms with E-state index in [1.54, 1.807) is 6.20 Å². The smallest absolute Gasteiger partial charge is 0.227 e. The number of anilines is 2. The predicted octanol–water partition coefficient (Wildman–Crippen LogP) is 4.02. The largest absolute Gasteiger partial charge is 0.457 e.